The van der Waals surface area contributed by atoms with Crippen LogP contribution >= 0.6 is 0 Å². The molecule has 9 nitrogen and oxygen atoms in total. The first-order chi connectivity index (χ1) is 15.7. The van der Waals surface area contributed by atoms with Crippen LogP contribution in [0.15, 0.2) is 60.7 Å². The summed E-state index contributed by atoms with van der Waals surface area (Å²) in [5.74, 6) is -0.420. The average molecular weight is 472 g/mol. The average Bonchev–Trinajstić information content (AvgIpc) is 2.79. The molecule has 0 aliphatic rings. The van der Waals surface area contributed by atoms with E-state index in [1.807, 2.05) is 42.5 Å². The third-order valence-electron chi connectivity index (χ3n) is 5.22. The van der Waals surface area contributed by atoms with Crippen molar-refractivity contribution in [3.63, 3.8) is 0 Å². The molecule has 0 radical (unpaired) electrons. The third-order valence-corrected chi connectivity index (χ3v) is 6.39. The number of benzene rings is 3. The topological polar surface area (TPSA) is 119 Å². The number of anilines is 1. The number of nitrogens with zero attached hydrogens (tertiary/aromatic N) is 2. The van der Waals surface area contributed by atoms with Crippen molar-refractivity contribution in [3.8, 4) is 5.75 Å². The molecule has 174 valence electrons. The fraction of sp³-hybridized carbons (Fsp3) is 0.261. The summed E-state index contributed by atoms with van der Waals surface area (Å²) in [6.45, 7) is 1.87. The number of sulfonamides is 1. The van der Waals surface area contributed by atoms with Crippen molar-refractivity contribution in [1.82, 2.24) is 5.32 Å². The molecule has 33 heavy (non-hydrogen) atoms. The SMILES string of the molecule is CC[C@@H](C(=O)NCc1ccc2ccccc2c1)N(c1cc([N+](=O)[O-])ccc1OC)S(C)(=O)=O. The van der Waals surface area contributed by atoms with E-state index in [2.05, 4.69) is 5.32 Å². The van der Waals surface area contributed by atoms with E-state index in [4.69, 9.17) is 4.74 Å². The lowest BCUT2D eigenvalue weighted by Crippen LogP contribution is -2.49. The molecular weight excluding hydrogens is 446 g/mol. The second-order valence-electron chi connectivity index (χ2n) is 7.50. The first-order valence-corrected chi connectivity index (χ1v) is 12.1. The van der Waals surface area contributed by atoms with Gasteiger partial charge >= 0.3 is 0 Å². The Kier molecular flexibility index (Phi) is 7.17. The van der Waals surface area contributed by atoms with Gasteiger partial charge in [-0.05, 0) is 34.9 Å². The van der Waals surface area contributed by atoms with Gasteiger partial charge in [-0.25, -0.2) is 8.42 Å². The molecule has 3 aromatic carbocycles. The standard InChI is InChI=1S/C23H25N3O6S/c1-4-20(23(27)24-15-16-9-10-17-7-5-6-8-18(17)13-16)25(33(3,30)31)21-14-19(26(28)29)11-12-22(21)32-2/h5-14,20H,4,15H2,1-3H3,(H,24,27)/t20-/m0/s1. The molecule has 10 heteroatoms. The van der Waals surface area contributed by atoms with Crippen molar-refractivity contribution in [3.05, 3.63) is 76.3 Å². The number of rotatable bonds is 9. The van der Waals surface area contributed by atoms with E-state index >= 15 is 0 Å². The zero-order chi connectivity index (χ0) is 24.2. The molecule has 0 aromatic heterocycles. The van der Waals surface area contributed by atoms with Crippen molar-refractivity contribution < 1.29 is 22.9 Å². The number of ether oxygens (including phenoxy) is 1. The smallest absolute Gasteiger partial charge is 0.271 e. The molecule has 3 aromatic rings. The number of methoxy groups -OCH3 is 1. The molecule has 0 spiro atoms. The molecular formula is C23H25N3O6S. The lowest BCUT2D eigenvalue weighted by molar-refractivity contribution is -0.384. The molecule has 0 unspecified atom stereocenters. The molecule has 0 bridgehead atoms. The fourth-order valence-electron chi connectivity index (χ4n) is 3.66. The third kappa shape index (κ3) is 5.40. The number of carbonyl (C=O) groups is 1. The zero-order valence-electron chi connectivity index (χ0n) is 18.5. The number of fused-ring (bicyclic) bond motifs is 1. The summed E-state index contributed by atoms with van der Waals surface area (Å²) in [5.41, 5.74) is 0.475. The summed E-state index contributed by atoms with van der Waals surface area (Å²) in [6.07, 6.45) is 1.09. The fourth-order valence-corrected chi connectivity index (χ4v) is 4.86. The van der Waals surface area contributed by atoms with Crippen LogP contribution < -0.4 is 14.4 Å². The van der Waals surface area contributed by atoms with E-state index in [-0.39, 0.29) is 30.1 Å². The molecule has 0 aliphatic carbocycles. The lowest BCUT2D eigenvalue weighted by Gasteiger charge is -2.31. The van der Waals surface area contributed by atoms with Crippen LogP contribution in [-0.2, 0) is 21.4 Å². The van der Waals surface area contributed by atoms with Crippen LogP contribution in [0.3, 0.4) is 0 Å². The number of nitro benzene ring substituents is 1. The molecule has 0 heterocycles. The Labute approximate surface area is 192 Å². The van der Waals surface area contributed by atoms with Crippen molar-refractivity contribution in [2.24, 2.45) is 0 Å². The highest BCUT2D eigenvalue weighted by atomic mass is 32.2. The summed E-state index contributed by atoms with van der Waals surface area (Å²) in [6, 6.07) is 16.1. The van der Waals surface area contributed by atoms with Gasteiger partial charge in [0.1, 0.15) is 17.5 Å². The van der Waals surface area contributed by atoms with E-state index < -0.39 is 26.9 Å². The maximum Gasteiger partial charge on any atom is 0.271 e. The van der Waals surface area contributed by atoms with Gasteiger partial charge in [0.25, 0.3) is 5.69 Å². The number of nitrogens with one attached hydrogen (secondary N) is 1. The molecule has 0 fully saturated rings. The minimum Gasteiger partial charge on any atom is -0.495 e. The minimum absolute atomic E-state index is 0.0677. The number of nitro groups is 1. The van der Waals surface area contributed by atoms with Crippen LogP contribution in [0, 0.1) is 10.1 Å². The van der Waals surface area contributed by atoms with E-state index in [1.165, 1.54) is 19.2 Å². The maximum atomic E-state index is 13.1. The number of hydrogen-bond donors (Lipinski definition) is 1. The number of hydrogen-bond acceptors (Lipinski definition) is 6. The van der Waals surface area contributed by atoms with Gasteiger partial charge in [-0.3, -0.25) is 19.2 Å². The van der Waals surface area contributed by atoms with Gasteiger partial charge < -0.3 is 10.1 Å². The van der Waals surface area contributed by atoms with Crippen LogP contribution in [-0.4, -0.2) is 38.7 Å². The predicted octanol–water partition coefficient (Wildman–Crippen LogP) is 3.62. The van der Waals surface area contributed by atoms with Crippen molar-refractivity contribution in [2.75, 3.05) is 17.7 Å². The number of non-ortho nitro benzene ring substituents is 1. The lowest BCUT2D eigenvalue weighted by atomic mass is 10.1. The van der Waals surface area contributed by atoms with Crippen LogP contribution in [0.5, 0.6) is 5.75 Å². The van der Waals surface area contributed by atoms with Crippen molar-refractivity contribution in [2.45, 2.75) is 25.9 Å². The Morgan fingerprint density at radius 3 is 2.42 bits per heavy atom. The van der Waals surface area contributed by atoms with E-state index in [9.17, 15) is 23.3 Å². The Morgan fingerprint density at radius 1 is 1.12 bits per heavy atom. The van der Waals surface area contributed by atoms with E-state index in [0.29, 0.717) is 0 Å². The highest BCUT2D eigenvalue weighted by molar-refractivity contribution is 7.92. The summed E-state index contributed by atoms with van der Waals surface area (Å²) in [5, 5.41) is 16.2. The Hall–Kier alpha value is -3.66. The quantitative estimate of drug-likeness (QED) is 0.376. The van der Waals surface area contributed by atoms with Gasteiger partial charge in [0.15, 0.2) is 0 Å². The first-order valence-electron chi connectivity index (χ1n) is 10.2. The summed E-state index contributed by atoms with van der Waals surface area (Å²) < 4.78 is 31.6. The van der Waals surface area contributed by atoms with Gasteiger partial charge in [-0.2, -0.15) is 0 Å². The van der Waals surface area contributed by atoms with Crippen LogP contribution in [0.25, 0.3) is 10.8 Å². The summed E-state index contributed by atoms with van der Waals surface area (Å²) >= 11 is 0. The highest BCUT2D eigenvalue weighted by Crippen LogP contribution is 2.35. The van der Waals surface area contributed by atoms with Gasteiger partial charge in [-0.15, -0.1) is 0 Å². The van der Waals surface area contributed by atoms with Gasteiger partial charge in [-0.1, -0.05) is 43.3 Å². The molecule has 0 saturated carbocycles. The maximum absolute atomic E-state index is 13.1. The summed E-state index contributed by atoms with van der Waals surface area (Å²) in [4.78, 5) is 23.7. The molecule has 1 amide bonds. The molecule has 1 N–H and O–H groups in total. The second kappa shape index (κ2) is 9.86. The van der Waals surface area contributed by atoms with E-state index in [0.717, 1.165) is 33.0 Å². The van der Waals surface area contributed by atoms with Crippen molar-refractivity contribution in [1.29, 1.82) is 0 Å². The molecule has 0 saturated heterocycles. The highest BCUT2D eigenvalue weighted by Gasteiger charge is 2.34. The Morgan fingerprint density at radius 2 is 1.82 bits per heavy atom. The number of carbonyl (C=O) groups excluding carboxylic acids is 1. The first kappa shape index (κ1) is 24.0. The normalized spacial score (nSPS) is 12.2. The molecule has 3 rings (SSSR count). The number of amides is 1. The van der Waals surface area contributed by atoms with Crippen molar-refractivity contribution >= 4 is 38.1 Å². The minimum atomic E-state index is -3.99. The predicted molar refractivity (Wildman–Crippen MR) is 127 cm³/mol. The van der Waals surface area contributed by atoms with Gasteiger partial charge in [0.2, 0.25) is 15.9 Å². The Bertz CT molecular complexity index is 1290. The zero-order valence-corrected chi connectivity index (χ0v) is 19.3. The van der Waals surface area contributed by atoms with Crippen LogP contribution in [0.1, 0.15) is 18.9 Å². The van der Waals surface area contributed by atoms with E-state index in [1.54, 1.807) is 6.92 Å². The van der Waals surface area contributed by atoms with Gasteiger partial charge in [0, 0.05) is 18.7 Å². The molecule has 1 atom stereocenters. The Balaban J connectivity index is 1.92. The second-order valence-corrected chi connectivity index (χ2v) is 9.35. The van der Waals surface area contributed by atoms with Gasteiger partial charge in [0.05, 0.1) is 18.3 Å². The summed E-state index contributed by atoms with van der Waals surface area (Å²) in [7, 11) is -2.67. The molecule has 0 aliphatic heterocycles. The van der Waals surface area contributed by atoms with Crippen LogP contribution in [0.4, 0.5) is 11.4 Å². The van der Waals surface area contributed by atoms with Crippen LogP contribution in [0.2, 0.25) is 0 Å². The largest absolute Gasteiger partial charge is 0.495 e. The monoisotopic (exact) mass is 471 g/mol.